The van der Waals surface area contributed by atoms with Gasteiger partial charge in [-0.3, -0.25) is 15.0 Å². The highest BCUT2D eigenvalue weighted by atomic mass is 16.6. The number of benzene rings is 1. The van der Waals surface area contributed by atoms with Crippen LogP contribution in [0, 0.1) is 10.1 Å². The third kappa shape index (κ3) is 4.26. The zero-order valence-corrected chi connectivity index (χ0v) is 14.9. The van der Waals surface area contributed by atoms with Crippen molar-refractivity contribution in [2.45, 2.75) is 45.3 Å². The Labute approximate surface area is 152 Å². The Balaban J connectivity index is 1.68. The fraction of sp³-hybridized carbons (Fsp3) is 0.444. The summed E-state index contributed by atoms with van der Waals surface area (Å²) in [6, 6.07) is 8.87. The average Bonchev–Trinajstić information content (AvgIpc) is 2.62. The molecule has 26 heavy (non-hydrogen) atoms. The largest absolute Gasteiger partial charge is 0.378 e. The molecule has 0 amide bonds. The Bertz CT molecular complexity index is 782. The Hall–Kier alpha value is -2.74. The number of nitrogens with two attached hydrogens (primary N) is 1. The average molecular weight is 356 g/mol. The van der Waals surface area contributed by atoms with E-state index in [-0.39, 0.29) is 17.5 Å². The van der Waals surface area contributed by atoms with E-state index in [0.29, 0.717) is 12.6 Å². The lowest BCUT2D eigenvalue weighted by molar-refractivity contribution is -0.384. The smallest absolute Gasteiger partial charge is 0.329 e. The molecule has 1 aliphatic rings. The lowest BCUT2D eigenvalue weighted by atomic mass is 10.0. The first-order chi connectivity index (χ1) is 12.5. The molecule has 8 nitrogen and oxygen atoms in total. The van der Waals surface area contributed by atoms with E-state index in [1.165, 1.54) is 24.8 Å². The zero-order valence-electron chi connectivity index (χ0n) is 14.9. The fourth-order valence-electron chi connectivity index (χ4n) is 3.28. The minimum absolute atomic E-state index is 0.136. The lowest BCUT2D eigenvalue weighted by Gasteiger charge is -2.33. The summed E-state index contributed by atoms with van der Waals surface area (Å²) in [5.74, 6) is 0.150. The van der Waals surface area contributed by atoms with E-state index in [1.54, 1.807) is 0 Å². The van der Waals surface area contributed by atoms with Gasteiger partial charge in [-0.2, -0.15) is 4.98 Å². The van der Waals surface area contributed by atoms with Gasteiger partial charge in [0.2, 0.25) is 11.8 Å². The standard InChI is InChI=1S/C18H24N6O2/c1-13-6-4-5-9-23(13)12-15-8-3-2-7-14(15)10-20-18-21-11-16(24(25)26)17(19)22-18/h2-3,7-8,11,13H,4-6,9-10,12H2,1H3,(H3,19,20,21,22). The summed E-state index contributed by atoms with van der Waals surface area (Å²) in [5, 5.41) is 13.9. The van der Waals surface area contributed by atoms with Crippen LogP contribution in [0.5, 0.6) is 0 Å². The lowest BCUT2D eigenvalue weighted by Crippen LogP contribution is -2.37. The van der Waals surface area contributed by atoms with Crippen molar-refractivity contribution in [1.29, 1.82) is 0 Å². The predicted octanol–water partition coefficient (Wildman–Crippen LogP) is 2.95. The molecule has 138 valence electrons. The summed E-state index contributed by atoms with van der Waals surface area (Å²) in [6.45, 7) is 4.87. The topological polar surface area (TPSA) is 110 Å². The van der Waals surface area contributed by atoms with Gasteiger partial charge in [0.25, 0.3) is 0 Å². The third-order valence-corrected chi connectivity index (χ3v) is 4.86. The molecule has 0 aliphatic carbocycles. The number of rotatable bonds is 6. The van der Waals surface area contributed by atoms with Crippen molar-refractivity contribution < 1.29 is 4.92 Å². The van der Waals surface area contributed by atoms with Crippen LogP contribution in [0.25, 0.3) is 0 Å². The number of nitrogens with one attached hydrogen (secondary N) is 1. The van der Waals surface area contributed by atoms with E-state index < -0.39 is 4.92 Å². The number of anilines is 2. The first-order valence-corrected chi connectivity index (χ1v) is 8.86. The molecule has 3 N–H and O–H groups in total. The highest BCUT2D eigenvalue weighted by Crippen LogP contribution is 2.22. The van der Waals surface area contributed by atoms with Gasteiger partial charge in [-0.1, -0.05) is 30.7 Å². The number of likely N-dealkylation sites (tertiary alicyclic amines) is 1. The molecule has 1 aromatic carbocycles. The molecule has 1 aromatic heterocycles. The summed E-state index contributed by atoms with van der Waals surface area (Å²) >= 11 is 0. The molecule has 2 heterocycles. The van der Waals surface area contributed by atoms with E-state index in [1.807, 2.05) is 12.1 Å². The highest BCUT2D eigenvalue weighted by Gasteiger charge is 2.19. The van der Waals surface area contributed by atoms with Crippen molar-refractivity contribution in [3.05, 3.63) is 51.7 Å². The van der Waals surface area contributed by atoms with Crippen LogP contribution in [0.1, 0.15) is 37.3 Å². The maximum Gasteiger partial charge on any atom is 0.329 e. The van der Waals surface area contributed by atoms with Crippen LogP contribution in [-0.2, 0) is 13.1 Å². The molecule has 1 unspecified atom stereocenters. The summed E-state index contributed by atoms with van der Waals surface area (Å²) < 4.78 is 0. The summed E-state index contributed by atoms with van der Waals surface area (Å²) in [4.78, 5) is 20.7. The summed E-state index contributed by atoms with van der Waals surface area (Å²) in [7, 11) is 0. The number of nitrogen functional groups attached to an aromatic ring is 1. The second kappa shape index (κ2) is 8.09. The molecular weight excluding hydrogens is 332 g/mol. The van der Waals surface area contributed by atoms with Crippen LogP contribution in [0.4, 0.5) is 17.5 Å². The quantitative estimate of drug-likeness (QED) is 0.605. The zero-order chi connectivity index (χ0) is 18.5. The van der Waals surface area contributed by atoms with Crippen LogP contribution in [0.2, 0.25) is 0 Å². The number of nitrogens with zero attached hydrogens (tertiary/aromatic N) is 4. The van der Waals surface area contributed by atoms with E-state index in [9.17, 15) is 10.1 Å². The number of aromatic nitrogens is 2. The van der Waals surface area contributed by atoms with E-state index in [4.69, 9.17) is 5.73 Å². The molecule has 0 bridgehead atoms. The van der Waals surface area contributed by atoms with Crippen molar-refractivity contribution in [2.24, 2.45) is 0 Å². The molecule has 1 fully saturated rings. The maximum atomic E-state index is 10.8. The number of hydrogen-bond acceptors (Lipinski definition) is 7. The van der Waals surface area contributed by atoms with Gasteiger partial charge in [0.05, 0.1) is 4.92 Å². The van der Waals surface area contributed by atoms with Gasteiger partial charge in [0.15, 0.2) is 0 Å². The molecule has 0 radical (unpaired) electrons. The minimum atomic E-state index is -0.589. The van der Waals surface area contributed by atoms with Crippen LogP contribution in [-0.4, -0.2) is 32.4 Å². The van der Waals surface area contributed by atoms with E-state index >= 15 is 0 Å². The fourth-order valence-corrected chi connectivity index (χ4v) is 3.28. The van der Waals surface area contributed by atoms with Crippen LogP contribution in [0.3, 0.4) is 0 Å². The molecule has 8 heteroatoms. The second-order valence-corrected chi connectivity index (χ2v) is 6.66. The van der Waals surface area contributed by atoms with E-state index in [2.05, 4.69) is 39.2 Å². The summed E-state index contributed by atoms with van der Waals surface area (Å²) in [5.41, 5.74) is 7.76. The first-order valence-electron chi connectivity index (χ1n) is 8.86. The van der Waals surface area contributed by atoms with Crippen LogP contribution < -0.4 is 11.1 Å². The predicted molar refractivity (Wildman–Crippen MR) is 101 cm³/mol. The molecular formula is C18H24N6O2. The monoisotopic (exact) mass is 356 g/mol. The van der Waals surface area contributed by atoms with Gasteiger partial charge in [0.1, 0.15) is 6.20 Å². The van der Waals surface area contributed by atoms with Crippen LogP contribution in [0.15, 0.2) is 30.5 Å². The number of nitro groups is 1. The Kier molecular flexibility index (Phi) is 5.62. The normalized spacial score (nSPS) is 17.8. The maximum absolute atomic E-state index is 10.8. The molecule has 3 rings (SSSR count). The van der Waals surface area contributed by atoms with Gasteiger partial charge in [0, 0.05) is 19.1 Å². The molecule has 1 saturated heterocycles. The third-order valence-electron chi connectivity index (χ3n) is 4.86. The van der Waals surface area contributed by atoms with Crippen molar-refractivity contribution in [3.8, 4) is 0 Å². The minimum Gasteiger partial charge on any atom is -0.378 e. The number of piperidine rings is 1. The van der Waals surface area contributed by atoms with Gasteiger partial charge in [-0.05, 0) is 37.4 Å². The van der Waals surface area contributed by atoms with Crippen molar-refractivity contribution in [3.63, 3.8) is 0 Å². The molecule has 0 spiro atoms. The highest BCUT2D eigenvalue weighted by molar-refractivity contribution is 5.53. The summed E-state index contributed by atoms with van der Waals surface area (Å²) in [6.07, 6.45) is 4.93. The Morgan fingerprint density at radius 2 is 2.12 bits per heavy atom. The van der Waals surface area contributed by atoms with Gasteiger partial charge in [-0.15, -0.1) is 0 Å². The Morgan fingerprint density at radius 1 is 1.35 bits per heavy atom. The van der Waals surface area contributed by atoms with Gasteiger partial charge >= 0.3 is 5.69 Å². The van der Waals surface area contributed by atoms with Crippen molar-refractivity contribution in [1.82, 2.24) is 14.9 Å². The van der Waals surface area contributed by atoms with Crippen molar-refractivity contribution >= 4 is 17.5 Å². The molecule has 1 aliphatic heterocycles. The Morgan fingerprint density at radius 3 is 2.81 bits per heavy atom. The molecule has 2 aromatic rings. The number of hydrogen-bond donors (Lipinski definition) is 2. The molecule has 0 saturated carbocycles. The van der Waals surface area contributed by atoms with Gasteiger partial charge < -0.3 is 11.1 Å². The van der Waals surface area contributed by atoms with E-state index in [0.717, 1.165) is 24.8 Å². The SMILES string of the molecule is CC1CCCCN1Cc1ccccc1CNc1ncc([N+](=O)[O-])c(N)n1. The van der Waals surface area contributed by atoms with Gasteiger partial charge in [-0.25, -0.2) is 4.98 Å². The van der Waals surface area contributed by atoms with Crippen molar-refractivity contribution in [2.75, 3.05) is 17.6 Å². The molecule has 1 atom stereocenters. The first kappa shape index (κ1) is 18.1. The second-order valence-electron chi connectivity index (χ2n) is 6.66. The van der Waals surface area contributed by atoms with Crippen LogP contribution >= 0.6 is 0 Å².